The highest BCUT2D eigenvalue weighted by Crippen LogP contribution is 2.48. The van der Waals surface area contributed by atoms with Gasteiger partial charge >= 0.3 is 12.2 Å². The van der Waals surface area contributed by atoms with E-state index in [-0.39, 0.29) is 76.2 Å². The van der Waals surface area contributed by atoms with Crippen LogP contribution in [0.25, 0.3) is 32.1 Å². The van der Waals surface area contributed by atoms with Crippen molar-refractivity contribution in [2.75, 3.05) is 30.3 Å². The Morgan fingerprint density at radius 1 is 1.16 bits per heavy atom. The molecule has 3 aromatic heterocycles. The minimum absolute atomic E-state index is 0.0114. The number of hydrogen-bond donors (Lipinski definition) is 1. The van der Waals surface area contributed by atoms with Crippen LogP contribution in [0, 0.1) is 34.3 Å². The first-order valence-corrected chi connectivity index (χ1v) is 16.8. The van der Waals surface area contributed by atoms with Crippen LogP contribution in [0.3, 0.4) is 0 Å². The summed E-state index contributed by atoms with van der Waals surface area (Å²) in [7, 11) is 0. The lowest BCUT2D eigenvalue weighted by Crippen LogP contribution is -2.44. The Morgan fingerprint density at radius 3 is 2.71 bits per heavy atom. The first-order chi connectivity index (χ1) is 24.3. The molecule has 262 valence electrons. The molecule has 3 unspecified atom stereocenters. The summed E-state index contributed by atoms with van der Waals surface area (Å²) in [5, 5.41) is 26.7. The van der Waals surface area contributed by atoms with E-state index in [9.17, 15) is 19.3 Å². The molecular formula is C33H26F6N10OS. The van der Waals surface area contributed by atoms with Crippen molar-refractivity contribution in [1.82, 2.24) is 29.9 Å². The number of nitriles is 2. The summed E-state index contributed by atoms with van der Waals surface area (Å²) < 4.78 is 99.2. The van der Waals surface area contributed by atoms with E-state index in [0.29, 0.717) is 30.0 Å². The minimum atomic E-state index is -5.15. The van der Waals surface area contributed by atoms with Crippen LogP contribution in [0.2, 0.25) is 0 Å². The fraction of sp³-hybridized carbons (Fsp3) is 0.394. The molecule has 2 fully saturated rings. The largest absolute Gasteiger partial charge is 0.461 e. The number of ether oxygens (including phenoxy) is 1. The van der Waals surface area contributed by atoms with Crippen LogP contribution in [-0.2, 0) is 19.3 Å². The van der Waals surface area contributed by atoms with Crippen molar-refractivity contribution in [2.45, 2.75) is 63.2 Å². The van der Waals surface area contributed by atoms with E-state index in [2.05, 4.69) is 20.3 Å². The highest BCUT2D eigenvalue weighted by molar-refractivity contribution is 7.23. The first kappa shape index (κ1) is 33.0. The van der Waals surface area contributed by atoms with Crippen LogP contribution in [0.1, 0.15) is 48.7 Å². The summed E-state index contributed by atoms with van der Waals surface area (Å²) in [6.45, 7) is 2.74. The summed E-state index contributed by atoms with van der Waals surface area (Å²) in [4.78, 5) is 12.5. The second-order valence-electron chi connectivity index (χ2n) is 13.1. The zero-order valence-corrected chi connectivity index (χ0v) is 27.5. The molecule has 3 aliphatic rings. The van der Waals surface area contributed by atoms with Gasteiger partial charge in [0.2, 0.25) is 0 Å². The van der Waals surface area contributed by atoms with Crippen molar-refractivity contribution in [3.63, 3.8) is 0 Å². The average molecular weight is 725 g/mol. The highest BCUT2D eigenvalue weighted by atomic mass is 32.1. The van der Waals surface area contributed by atoms with Gasteiger partial charge in [0.25, 0.3) is 0 Å². The number of nitrogen functional groups attached to an aromatic ring is 1. The van der Waals surface area contributed by atoms with Gasteiger partial charge in [0.05, 0.1) is 40.1 Å². The van der Waals surface area contributed by atoms with Gasteiger partial charge in [-0.05, 0) is 44.0 Å². The lowest BCUT2D eigenvalue weighted by atomic mass is 9.92. The van der Waals surface area contributed by atoms with Crippen LogP contribution in [0.5, 0.6) is 6.01 Å². The van der Waals surface area contributed by atoms with Crippen LogP contribution in [0.15, 0.2) is 18.2 Å². The fourth-order valence-corrected chi connectivity index (χ4v) is 8.74. The molecule has 2 saturated heterocycles. The van der Waals surface area contributed by atoms with Crippen LogP contribution >= 0.6 is 11.3 Å². The molecule has 8 rings (SSSR count). The first-order valence-electron chi connectivity index (χ1n) is 16.0. The predicted molar refractivity (Wildman–Crippen MR) is 173 cm³/mol. The molecular weight excluding hydrogens is 698 g/mol. The maximum Gasteiger partial charge on any atom is 0.417 e. The topological polar surface area (TPSA) is 146 Å². The summed E-state index contributed by atoms with van der Waals surface area (Å²) >= 11 is 0.668. The number of benzene rings is 2. The number of alkyl halides is 4. The van der Waals surface area contributed by atoms with Gasteiger partial charge in [0.1, 0.15) is 47.1 Å². The van der Waals surface area contributed by atoms with E-state index in [0.717, 1.165) is 24.6 Å². The number of anilines is 2. The second-order valence-corrected chi connectivity index (χ2v) is 14.2. The number of hydrogen-bond acceptors (Lipinski definition) is 11. The monoisotopic (exact) mass is 724 g/mol. The minimum Gasteiger partial charge on any atom is -0.461 e. The van der Waals surface area contributed by atoms with Gasteiger partial charge in [0.15, 0.2) is 11.5 Å². The molecule has 5 aromatic rings. The number of fused-ring (bicyclic) bond motifs is 4. The second kappa shape index (κ2) is 11.7. The number of rotatable bonds is 5. The van der Waals surface area contributed by atoms with Crippen molar-refractivity contribution in [2.24, 2.45) is 0 Å². The van der Waals surface area contributed by atoms with E-state index >= 15 is 17.6 Å². The van der Waals surface area contributed by atoms with Gasteiger partial charge in [0, 0.05) is 35.3 Å². The zero-order valence-electron chi connectivity index (χ0n) is 26.7. The Kier molecular flexibility index (Phi) is 7.55. The molecule has 0 bridgehead atoms. The summed E-state index contributed by atoms with van der Waals surface area (Å²) in [5.41, 5.74) is 2.12. The summed E-state index contributed by atoms with van der Waals surface area (Å²) in [5.74, 6) is -2.35. The van der Waals surface area contributed by atoms with Crippen molar-refractivity contribution in [3.8, 4) is 29.3 Å². The average Bonchev–Trinajstić information content (AvgIpc) is 3.83. The molecule has 6 heterocycles. The van der Waals surface area contributed by atoms with E-state index in [1.54, 1.807) is 11.8 Å². The molecule has 3 aliphatic heterocycles. The lowest BCUT2D eigenvalue weighted by molar-refractivity contribution is -0.137. The third kappa shape index (κ3) is 5.10. The number of halogens is 6. The maximum absolute atomic E-state index is 17.2. The Labute approximate surface area is 289 Å². The normalized spacial score (nSPS) is 21.9. The van der Waals surface area contributed by atoms with E-state index in [1.807, 2.05) is 17.0 Å². The number of aromatic nitrogens is 5. The van der Waals surface area contributed by atoms with Crippen LogP contribution in [0.4, 0.5) is 37.2 Å². The molecule has 2 N–H and O–H groups in total. The van der Waals surface area contributed by atoms with Gasteiger partial charge in [-0.1, -0.05) is 11.3 Å². The van der Waals surface area contributed by atoms with Crippen molar-refractivity contribution >= 4 is 43.1 Å². The van der Waals surface area contributed by atoms with Gasteiger partial charge < -0.3 is 15.4 Å². The standard InChI is InChI=1S/C33H26F6N10OS/c1-15-11-49-23(22(10-41)45-46-49)13-48(15)30-18-7-20(33(37,38)39)25(17-3-4-21(35)28-24(17)19(9-40)29(42)51-28)26(36)27(18)43-31(44-30)50-14-32-5-2-6-47(32)12-16(34)8-32/h3-4,7,15-16H,2,5-6,8,11-14,42H2,1H3. The van der Waals surface area contributed by atoms with Gasteiger partial charge in [-0.2, -0.15) is 33.7 Å². The molecule has 0 radical (unpaired) electrons. The Hall–Kier alpha value is -5.20. The lowest BCUT2D eigenvalue weighted by Gasteiger charge is -2.35. The van der Waals surface area contributed by atoms with E-state index in [4.69, 9.17) is 10.5 Å². The van der Waals surface area contributed by atoms with Gasteiger partial charge in [-0.15, -0.1) is 16.4 Å². The number of nitrogens with zero attached hydrogens (tertiary/aromatic N) is 9. The smallest absolute Gasteiger partial charge is 0.417 e. The zero-order chi connectivity index (χ0) is 36.0. The quantitative estimate of drug-likeness (QED) is 0.212. The highest BCUT2D eigenvalue weighted by Gasteiger charge is 2.49. The number of nitrogens with two attached hydrogens (primary N) is 1. The summed E-state index contributed by atoms with van der Waals surface area (Å²) in [6.07, 6.45) is -4.54. The maximum atomic E-state index is 17.2. The molecule has 0 saturated carbocycles. The molecule has 11 nitrogen and oxygen atoms in total. The van der Waals surface area contributed by atoms with E-state index in [1.165, 1.54) is 4.68 Å². The molecule has 0 aliphatic carbocycles. The van der Waals surface area contributed by atoms with Crippen molar-refractivity contribution < 1.29 is 31.1 Å². The summed E-state index contributed by atoms with van der Waals surface area (Å²) in [6, 6.07) is 5.54. The van der Waals surface area contributed by atoms with Crippen LogP contribution in [-0.4, -0.2) is 67.3 Å². The number of thiophene rings is 1. The molecule has 2 aromatic carbocycles. The third-order valence-electron chi connectivity index (χ3n) is 10.1. The predicted octanol–water partition coefficient (Wildman–Crippen LogP) is 6.09. The SMILES string of the molecule is CC1Cn2nnc(C#N)c2CN1c1nc(OCC23CCCN2CC(F)C3)nc2c(F)c(-c3ccc(F)c4sc(N)c(C#N)c34)c(C(F)(F)F)cc12. The molecule has 18 heteroatoms. The van der Waals surface area contributed by atoms with Gasteiger partial charge in [-0.3, -0.25) is 4.90 Å². The van der Waals surface area contributed by atoms with Crippen LogP contribution < -0.4 is 15.4 Å². The Morgan fingerprint density at radius 2 is 1.96 bits per heavy atom. The molecule has 3 atom stereocenters. The van der Waals surface area contributed by atoms with Crippen molar-refractivity contribution in [1.29, 1.82) is 10.5 Å². The van der Waals surface area contributed by atoms with Crippen molar-refractivity contribution in [3.05, 3.63) is 52.3 Å². The molecule has 51 heavy (non-hydrogen) atoms. The molecule has 0 amide bonds. The fourth-order valence-electron chi connectivity index (χ4n) is 7.79. The van der Waals surface area contributed by atoms with E-state index < -0.39 is 57.8 Å². The third-order valence-corrected chi connectivity index (χ3v) is 11.2. The molecule has 0 spiro atoms. The van der Waals surface area contributed by atoms with Gasteiger partial charge in [-0.25, -0.2) is 17.9 Å². The Balaban J connectivity index is 1.37. The Bertz CT molecular complexity index is 2350.